The monoisotopic (exact) mass is 472 g/mol. The number of hydrogen-bond acceptors (Lipinski definition) is 6. The number of nitrogens with zero attached hydrogens (tertiary/aromatic N) is 2. The molecule has 1 atom stereocenters. The number of carbonyl (C=O) groups excluding carboxylic acids is 2. The van der Waals surface area contributed by atoms with Gasteiger partial charge in [0.25, 0.3) is 11.7 Å². The fourth-order valence-corrected chi connectivity index (χ4v) is 4.10. The number of Topliss-reactive ketones (excluding diaryl/α,β-unsaturated/α-hetero) is 1. The summed E-state index contributed by atoms with van der Waals surface area (Å²) in [4.78, 5) is 32.0. The predicted octanol–water partition coefficient (Wildman–Crippen LogP) is 4.89. The Morgan fingerprint density at radius 1 is 1.00 bits per heavy atom. The van der Waals surface area contributed by atoms with Crippen LogP contribution in [0.25, 0.3) is 5.76 Å². The predicted molar refractivity (Wildman–Crippen MR) is 132 cm³/mol. The topological polar surface area (TPSA) is 89.0 Å². The highest BCUT2D eigenvalue weighted by atomic mass is 16.5. The molecular weight excluding hydrogens is 444 g/mol. The Morgan fingerprint density at radius 2 is 1.80 bits per heavy atom. The normalized spacial score (nSPS) is 17.0. The van der Waals surface area contributed by atoms with Gasteiger partial charge in [-0.2, -0.15) is 0 Å². The SMILES string of the molecule is CCCOc1ccc(/C(O)=C2\C(=O)C(=O)N(Cc3cccnc3)C2c2cccc(OCC)c2)cc1. The Morgan fingerprint density at radius 3 is 2.49 bits per heavy atom. The summed E-state index contributed by atoms with van der Waals surface area (Å²) in [7, 11) is 0. The van der Waals surface area contributed by atoms with Crippen molar-refractivity contribution < 1.29 is 24.2 Å². The quantitative estimate of drug-likeness (QED) is 0.271. The summed E-state index contributed by atoms with van der Waals surface area (Å²) in [5.41, 5.74) is 1.91. The third-order valence-corrected chi connectivity index (χ3v) is 5.70. The highest BCUT2D eigenvalue weighted by Crippen LogP contribution is 2.41. The molecule has 0 saturated carbocycles. The first-order valence-corrected chi connectivity index (χ1v) is 11.7. The summed E-state index contributed by atoms with van der Waals surface area (Å²) in [5, 5.41) is 11.3. The number of aliphatic hydroxyl groups is 1. The van der Waals surface area contributed by atoms with Crippen molar-refractivity contribution in [1.29, 1.82) is 0 Å². The molecule has 0 aliphatic carbocycles. The molecule has 1 unspecified atom stereocenters. The number of likely N-dealkylation sites (tertiary alicyclic amines) is 1. The van der Waals surface area contributed by atoms with Crippen LogP contribution in [0.4, 0.5) is 0 Å². The van der Waals surface area contributed by atoms with Gasteiger partial charge in [-0.3, -0.25) is 14.6 Å². The minimum Gasteiger partial charge on any atom is -0.507 e. The lowest BCUT2D eigenvalue weighted by atomic mass is 9.95. The van der Waals surface area contributed by atoms with Crippen molar-refractivity contribution in [2.75, 3.05) is 13.2 Å². The summed E-state index contributed by atoms with van der Waals surface area (Å²) >= 11 is 0. The maximum atomic E-state index is 13.2. The molecule has 0 radical (unpaired) electrons. The van der Waals surface area contributed by atoms with Crippen LogP contribution in [-0.2, 0) is 16.1 Å². The molecule has 35 heavy (non-hydrogen) atoms. The molecule has 0 spiro atoms. The first kappa shape index (κ1) is 24.0. The molecule has 2 heterocycles. The van der Waals surface area contributed by atoms with Crippen molar-refractivity contribution >= 4 is 17.4 Å². The molecule has 3 aromatic rings. The standard InChI is InChI=1S/C28H28N2O5/c1-3-15-35-22-12-10-20(11-13-22)26(31)24-25(21-8-5-9-23(16-21)34-4-2)30(28(33)27(24)32)18-19-7-6-14-29-17-19/h5-14,16-17,25,31H,3-4,15,18H2,1-2H3/b26-24+. The molecule has 180 valence electrons. The number of pyridine rings is 1. The van der Waals surface area contributed by atoms with Gasteiger partial charge in [-0.25, -0.2) is 0 Å². The summed E-state index contributed by atoms with van der Waals surface area (Å²) < 4.78 is 11.3. The minimum atomic E-state index is -0.786. The molecule has 2 aromatic carbocycles. The van der Waals surface area contributed by atoms with E-state index in [-0.39, 0.29) is 17.9 Å². The number of ketones is 1. The number of hydrogen-bond donors (Lipinski definition) is 1. The Balaban J connectivity index is 1.79. The van der Waals surface area contributed by atoms with E-state index in [0.717, 1.165) is 12.0 Å². The molecule has 1 saturated heterocycles. The average molecular weight is 473 g/mol. The van der Waals surface area contributed by atoms with Crippen molar-refractivity contribution in [2.24, 2.45) is 0 Å². The van der Waals surface area contributed by atoms with Gasteiger partial charge in [0.15, 0.2) is 0 Å². The van der Waals surface area contributed by atoms with E-state index in [4.69, 9.17) is 9.47 Å². The minimum absolute atomic E-state index is 0.0368. The van der Waals surface area contributed by atoms with E-state index < -0.39 is 17.7 Å². The maximum Gasteiger partial charge on any atom is 0.295 e. The molecular formula is C28H28N2O5. The van der Waals surface area contributed by atoms with Crippen LogP contribution in [0.2, 0.25) is 0 Å². The number of benzene rings is 2. The van der Waals surface area contributed by atoms with E-state index in [0.29, 0.717) is 35.8 Å². The lowest BCUT2D eigenvalue weighted by Crippen LogP contribution is -2.29. The fraction of sp³-hybridized carbons (Fsp3) is 0.250. The molecule has 1 fully saturated rings. The van der Waals surface area contributed by atoms with Crippen molar-refractivity contribution in [3.63, 3.8) is 0 Å². The number of aliphatic hydroxyl groups excluding tert-OH is 1. The summed E-state index contributed by atoms with van der Waals surface area (Å²) in [6, 6.07) is 16.9. The molecule has 1 N–H and O–H groups in total. The second-order valence-corrected chi connectivity index (χ2v) is 8.17. The van der Waals surface area contributed by atoms with Gasteiger partial charge in [0.2, 0.25) is 0 Å². The van der Waals surface area contributed by atoms with Gasteiger partial charge in [-0.15, -0.1) is 0 Å². The van der Waals surface area contributed by atoms with Crippen molar-refractivity contribution in [1.82, 2.24) is 9.88 Å². The zero-order valence-electron chi connectivity index (χ0n) is 19.8. The van der Waals surface area contributed by atoms with E-state index in [1.807, 2.05) is 38.1 Å². The van der Waals surface area contributed by atoms with E-state index in [1.165, 1.54) is 4.90 Å². The summed E-state index contributed by atoms with van der Waals surface area (Å²) in [6.07, 6.45) is 4.18. The second-order valence-electron chi connectivity index (χ2n) is 8.17. The fourth-order valence-electron chi connectivity index (χ4n) is 4.10. The number of amides is 1. The van der Waals surface area contributed by atoms with Crippen LogP contribution >= 0.6 is 0 Å². The molecule has 7 nitrogen and oxygen atoms in total. The number of rotatable bonds is 9. The largest absolute Gasteiger partial charge is 0.507 e. The van der Waals surface area contributed by atoms with E-state index in [1.54, 1.807) is 48.8 Å². The zero-order chi connectivity index (χ0) is 24.8. The zero-order valence-corrected chi connectivity index (χ0v) is 19.8. The van der Waals surface area contributed by atoms with Gasteiger partial charge >= 0.3 is 0 Å². The molecule has 0 bridgehead atoms. The highest BCUT2D eigenvalue weighted by molar-refractivity contribution is 6.46. The Bertz CT molecular complexity index is 1220. The van der Waals surface area contributed by atoms with Crippen LogP contribution in [0.5, 0.6) is 11.5 Å². The van der Waals surface area contributed by atoms with Crippen molar-refractivity contribution in [2.45, 2.75) is 32.9 Å². The van der Waals surface area contributed by atoms with Crippen LogP contribution in [0, 0.1) is 0 Å². The van der Waals surface area contributed by atoms with Gasteiger partial charge in [-0.05, 0) is 66.9 Å². The molecule has 1 amide bonds. The van der Waals surface area contributed by atoms with Crippen LogP contribution < -0.4 is 9.47 Å². The van der Waals surface area contributed by atoms with E-state index >= 15 is 0 Å². The average Bonchev–Trinajstić information content (AvgIpc) is 3.13. The third-order valence-electron chi connectivity index (χ3n) is 5.70. The second kappa shape index (κ2) is 10.9. The molecule has 1 aliphatic rings. The number of ether oxygens (including phenoxy) is 2. The van der Waals surface area contributed by atoms with E-state index in [9.17, 15) is 14.7 Å². The Kier molecular flexibility index (Phi) is 7.45. The first-order valence-electron chi connectivity index (χ1n) is 11.7. The van der Waals surface area contributed by atoms with Crippen LogP contribution in [0.3, 0.4) is 0 Å². The molecule has 4 rings (SSSR count). The highest BCUT2D eigenvalue weighted by Gasteiger charge is 2.46. The first-order chi connectivity index (χ1) is 17.0. The maximum absolute atomic E-state index is 13.2. The van der Waals surface area contributed by atoms with Crippen molar-refractivity contribution in [3.8, 4) is 11.5 Å². The Labute approximate surface area is 204 Å². The third kappa shape index (κ3) is 5.19. The number of aromatic nitrogens is 1. The Hall–Kier alpha value is -4.13. The van der Waals surface area contributed by atoms with E-state index in [2.05, 4.69) is 4.98 Å². The smallest absolute Gasteiger partial charge is 0.295 e. The van der Waals surface area contributed by atoms with Gasteiger partial charge in [0, 0.05) is 24.5 Å². The van der Waals surface area contributed by atoms with Gasteiger partial charge in [-0.1, -0.05) is 25.1 Å². The molecule has 1 aliphatic heterocycles. The lowest BCUT2D eigenvalue weighted by molar-refractivity contribution is -0.140. The van der Waals surface area contributed by atoms with Crippen LogP contribution in [-0.4, -0.2) is 39.9 Å². The lowest BCUT2D eigenvalue weighted by Gasteiger charge is -2.25. The summed E-state index contributed by atoms with van der Waals surface area (Å²) in [6.45, 7) is 5.13. The number of carbonyl (C=O) groups is 2. The van der Waals surface area contributed by atoms with Gasteiger partial charge < -0.3 is 19.5 Å². The van der Waals surface area contributed by atoms with Crippen LogP contribution in [0.1, 0.15) is 43.0 Å². The van der Waals surface area contributed by atoms with Gasteiger partial charge in [0.1, 0.15) is 17.3 Å². The van der Waals surface area contributed by atoms with Crippen LogP contribution in [0.15, 0.2) is 78.6 Å². The molecule has 1 aromatic heterocycles. The van der Waals surface area contributed by atoms with Crippen molar-refractivity contribution in [3.05, 3.63) is 95.3 Å². The molecule has 7 heteroatoms. The van der Waals surface area contributed by atoms with Gasteiger partial charge in [0.05, 0.1) is 24.8 Å². The summed E-state index contributed by atoms with van der Waals surface area (Å²) in [5.74, 6) is -0.351.